The number of carbonyl (C=O) groups is 1. The summed E-state index contributed by atoms with van der Waals surface area (Å²) in [5.41, 5.74) is 0.767. The molecule has 0 saturated heterocycles. The maximum absolute atomic E-state index is 11.3. The molecule has 6 heteroatoms. The molecule has 0 amide bonds. The van der Waals surface area contributed by atoms with Crippen molar-refractivity contribution < 1.29 is 14.6 Å². The van der Waals surface area contributed by atoms with Crippen molar-refractivity contribution in [2.24, 2.45) is 0 Å². The van der Waals surface area contributed by atoms with Crippen LogP contribution in [0.3, 0.4) is 0 Å². The van der Waals surface area contributed by atoms with Gasteiger partial charge in [-0.15, -0.1) is 0 Å². The monoisotopic (exact) mass is 344 g/mol. The third-order valence-electron chi connectivity index (χ3n) is 2.70. The van der Waals surface area contributed by atoms with Gasteiger partial charge in [0.15, 0.2) is 6.10 Å². The summed E-state index contributed by atoms with van der Waals surface area (Å²) in [5, 5.41) is 10.6. The van der Waals surface area contributed by atoms with E-state index in [1.165, 1.54) is 12.1 Å². The van der Waals surface area contributed by atoms with Crippen molar-refractivity contribution in [1.29, 1.82) is 0 Å². The number of hydrogen-bond acceptors (Lipinski definition) is 2. The van der Waals surface area contributed by atoms with Gasteiger partial charge >= 0.3 is 5.97 Å². The lowest BCUT2D eigenvalue weighted by Crippen LogP contribution is -2.29. The Morgan fingerprint density at radius 2 is 1.71 bits per heavy atom. The number of hydrogen-bond donors (Lipinski definition) is 1. The molecule has 0 aliphatic heterocycles. The minimum atomic E-state index is -1.08. The first-order chi connectivity index (χ1) is 9.94. The van der Waals surface area contributed by atoms with Crippen LogP contribution in [-0.2, 0) is 11.2 Å². The highest BCUT2D eigenvalue weighted by molar-refractivity contribution is 6.34. The fraction of sp³-hybridized carbons (Fsp3) is 0.133. The molecule has 0 heterocycles. The van der Waals surface area contributed by atoms with Crippen LogP contribution in [-0.4, -0.2) is 17.2 Å². The molecule has 0 unspecified atom stereocenters. The number of aliphatic carboxylic acids is 1. The van der Waals surface area contributed by atoms with E-state index in [1.54, 1.807) is 30.3 Å². The van der Waals surface area contributed by atoms with Crippen LogP contribution in [0.1, 0.15) is 5.56 Å². The predicted octanol–water partition coefficient (Wildman–Crippen LogP) is 4.72. The molecule has 1 N–H and O–H groups in total. The SMILES string of the molecule is O=C(O)[C@@H](Cc1cccc(Cl)c1)Oc1cc(Cl)cc(Cl)c1. The molecule has 1 atom stereocenters. The summed E-state index contributed by atoms with van der Waals surface area (Å²) >= 11 is 17.6. The molecule has 0 spiro atoms. The lowest BCUT2D eigenvalue weighted by Gasteiger charge is -2.16. The van der Waals surface area contributed by atoms with Crippen LogP contribution in [0.25, 0.3) is 0 Å². The van der Waals surface area contributed by atoms with Crippen molar-refractivity contribution in [3.8, 4) is 5.75 Å². The molecule has 0 aliphatic rings. The number of rotatable bonds is 5. The molecule has 0 fully saturated rings. The fourth-order valence-electron chi connectivity index (χ4n) is 1.82. The van der Waals surface area contributed by atoms with Gasteiger partial charge in [-0.1, -0.05) is 46.9 Å². The largest absolute Gasteiger partial charge is 0.478 e. The minimum absolute atomic E-state index is 0.181. The first kappa shape index (κ1) is 16.0. The minimum Gasteiger partial charge on any atom is -0.478 e. The average Bonchev–Trinajstić information content (AvgIpc) is 2.36. The van der Waals surface area contributed by atoms with Gasteiger partial charge in [-0.2, -0.15) is 0 Å². The summed E-state index contributed by atoms with van der Waals surface area (Å²) < 4.78 is 5.47. The smallest absolute Gasteiger partial charge is 0.345 e. The van der Waals surface area contributed by atoms with Gasteiger partial charge in [0.25, 0.3) is 0 Å². The molecule has 2 aromatic rings. The van der Waals surface area contributed by atoms with Gasteiger partial charge in [0.1, 0.15) is 5.75 Å². The Labute approximate surface area is 137 Å². The van der Waals surface area contributed by atoms with Crippen LogP contribution in [0.4, 0.5) is 0 Å². The van der Waals surface area contributed by atoms with E-state index in [0.717, 1.165) is 5.56 Å². The lowest BCUT2D eigenvalue weighted by atomic mass is 10.1. The van der Waals surface area contributed by atoms with Gasteiger partial charge in [-0.3, -0.25) is 0 Å². The van der Waals surface area contributed by atoms with Crippen molar-refractivity contribution in [2.45, 2.75) is 12.5 Å². The molecule has 0 aliphatic carbocycles. The molecule has 2 aromatic carbocycles. The number of carboxylic acids is 1. The molecule has 3 nitrogen and oxygen atoms in total. The van der Waals surface area contributed by atoms with Gasteiger partial charge in [-0.25, -0.2) is 4.79 Å². The van der Waals surface area contributed by atoms with E-state index in [4.69, 9.17) is 39.5 Å². The van der Waals surface area contributed by atoms with Crippen LogP contribution in [0, 0.1) is 0 Å². The maximum atomic E-state index is 11.3. The summed E-state index contributed by atoms with van der Waals surface area (Å²) in [7, 11) is 0. The zero-order valence-electron chi connectivity index (χ0n) is 10.7. The second-order valence-electron chi connectivity index (χ2n) is 4.38. The third kappa shape index (κ3) is 4.81. The number of benzene rings is 2. The maximum Gasteiger partial charge on any atom is 0.345 e. The van der Waals surface area contributed by atoms with E-state index in [-0.39, 0.29) is 6.42 Å². The summed E-state index contributed by atoms with van der Waals surface area (Å²) in [6.07, 6.45) is -0.877. The molecular formula is C15H11Cl3O3. The van der Waals surface area contributed by atoms with Gasteiger partial charge in [0.2, 0.25) is 0 Å². The number of ether oxygens (including phenoxy) is 1. The highest BCUT2D eigenvalue weighted by atomic mass is 35.5. The topological polar surface area (TPSA) is 46.5 Å². The molecule has 21 heavy (non-hydrogen) atoms. The average molecular weight is 346 g/mol. The van der Waals surface area contributed by atoms with Crippen molar-refractivity contribution in [3.05, 3.63) is 63.1 Å². The van der Waals surface area contributed by atoms with E-state index in [2.05, 4.69) is 0 Å². The van der Waals surface area contributed by atoms with Crippen molar-refractivity contribution >= 4 is 40.8 Å². The number of halogens is 3. The van der Waals surface area contributed by atoms with E-state index < -0.39 is 12.1 Å². The number of carboxylic acid groups (broad SMARTS) is 1. The second-order valence-corrected chi connectivity index (χ2v) is 5.69. The van der Waals surface area contributed by atoms with Gasteiger partial charge in [0.05, 0.1) is 0 Å². The van der Waals surface area contributed by atoms with Crippen molar-refractivity contribution in [1.82, 2.24) is 0 Å². The molecular weight excluding hydrogens is 335 g/mol. The standard InChI is InChI=1S/C15H11Cl3O3/c16-10-3-1-2-9(4-10)5-14(15(19)20)21-13-7-11(17)6-12(18)8-13/h1-4,6-8,14H,5H2,(H,19,20)/t14-/m1/s1. The Balaban J connectivity index is 2.17. The van der Waals surface area contributed by atoms with Gasteiger partial charge in [0, 0.05) is 21.5 Å². The molecule has 2 rings (SSSR count). The van der Waals surface area contributed by atoms with Crippen molar-refractivity contribution in [2.75, 3.05) is 0 Å². The Bertz CT molecular complexity index is 638. The van der Waals surface area contributed by atoms with Gasteiger partial charge < -0.3 is 9.84 Å². The first-order valence-corrected chi connectivity index (χ1v) is 7.17. The lowest BCUT2D eigenvalue weighted by molar-refractivity contribution is -0.145. The highest BCUT2D eigenvalue weighted by Crippen LogP contribution is 2.25. The third-order valence-corrected chi connectivity index (χ3v) is 3.37. The van der Waals surface area contributed by atoms with Crippen LogP contribution >= 0.6 is 34.8 Å². The molecule has 0 radical (unpaired) electrons. The summed E-state index contributed by atoms with van der Waals surface area (Å²) in [4.78, 5) is 11.3. The van der Waals surface area contributed by atoms with Crippen LogP contribution in [0.2, 0.25) is 15.1 Å². The zero-order chi connectivity index (χ0) is 15.4. The van der Waals surface area contributed by atoms with Gasteiger partial charge in [-0.05, 0) is 35.9 Å². The van der Waals surface area contributed by atoms with Crippen LogP contribution in [0.15, 0.2) is 42.5 Å². The van der Waals surface area contributed by atoms with E-state index in [9.17, 15) is 9.90 Å². The Kier molecular flexibility index (Phi) is 5.34. The Morgan fingerprint density at radius 1 is 1.05 bits per heavy atom. The summed E-state index contributed by atoms with van der Waals surface area (Å²) in [6.45, 7) is 0. The van der Waals surface area contributed by atoms with E-state index in [0.29, 0.717) is 20.8 Å². The van der Waals surface area contributed by atoms with Crippen LogP contribution in [0.5, 0.6) is 5.75 Å². The molecule has 110 valence electrons. The quantitative estimate of drug-likeness (QED) is 0.852. The molecule has 0 saturated carbocycles. The predicted molar refractivity (Wildman–Crippen MR) is 83.7 cm³/mol. The normalized spacial score (nSPS) is 12.0. The molecule has 0 bridgehead atoms. The van der Waals surface area contributed by atoms with E-state index >= 15 is 0 Å². The highest BCUT2D eigenvalue weighted by Gasteiger charge is 2.20. The summed E-state index contributed by atoms with van der Waals surface area (Å²) in [5.74, 6) is -0.770. The fourth-order valence-corrected chi connectivity index (χ4v) is 2.54. The second kappa shape index (κ2) is 7.03. The Morgan fingerprint density at radius 3 is 2.29 bits per heavy atom. The zero-order valence-corrected chi connectivity index (χ0v) is 13.0. The van der Waals surface area contributed by atoms with E-state index in [1.807, 2.05) is 0 Å². The van der Waals surface area contributed by atoms with Crippen LogP contribution < -0.4 is 4.74 Å². The van der Waals surface area contributed by atoms with Crippen molar-refractivity contribution in [3.63, 3.8) is 0 Å². The molecule has 0 aromatic heterocycles. The summed E-state index contributed by atoms with van der Waals surface area (Å²) in [6, 6.07) is 11.5. The Hall–Kier alpha value is -1.42. The first-order valence-electron chi connectivity index (χ1n) is 6.04.